The molecular weight excluding hydrogens is 210 g/mol. The van der Waals surface area contributed by atoms with Crippen LogP contribution in [0.5, 0.6) is 5.75 Å². The highest BCUT2D eigenvalue weighted by atomic mass is 16.5. The van der Waals surface area contributed by atoms with E-state index in [2.05, 4.69) is 51.2 Å². The van der Waals surface area contributed by atoms with Gasteiger partial charge in [0, 0.05) is 17.5 Å². The minimum Gasteiger partial charge on any atom is -0.493 e. The zero-order valence-electron chi connectivity index (χ0n) is 11.3. The number of hydrogen-bond donors (Lipinski definition) is 1. The van der Waals surface area contributed by atoms with Crippen molar-refractivity contribution in [2.45, 2.75) is 39.7 Å². The van der Waals surface area contributed by atoms with Gasteiger partial charge in [0.2, 0.25) is 0 Å². The first-order chi connectivity index (χ1) is 8.04. The molecule has 1 aromatic carbocycles. The van der Waals surface area contributed by atoms with Crippen LogP contribution in [0.3, 0.4) is 0 Å². The van der Waals surface area contributed by atoms with Crippen molar-refractivity contribution in [1.29, 1.82) is 0 Å². The number of rotatable bonds is 3. The Morgan fingerprint density at radius 3 is 2.71 bits per heavy atom. The van der Waals surface area contributed by atoms with Crippen molar-refractivity contribution in [3.63, 3.8) is 0 Å². The van der Waals surface area contributed by atoms with Crippen LogP contribution in [0.1, 0.15) is 39.2 Å². The van der Waals surface area contributed by atoms with Crippen molar-refractivity contribution in [2.75, 3.05) is 13.2 Å². The van der Waals surface area contributed by atoms with Gasteiger partial charge in [0.15, 0.2) is 0 Å². The number of likely N-dealkylation sites (N-methyl/N-ethyl adjacent to an activating group) is 1. The molecule has 1 aliphatic heterocycles. The highest BCUT2D eigenvalue weighted by molar-refractivity contribution is 5.40. The molecule has 17 heavy (non-hydrogen) atoms. The molecule has 2 nitrogen and oxygen atoms in total. The summed E-state index contributed by atoms with van der Waals surface area (Å²) in [5.74, 6) is 1.52. The van der Waals surface area contributed by atoms with Gasteiger partial charge in [0.05, 0.1) is 6.61 Å². The smallest absolute Gasteiger partial charge is 0.122 e. The van der Waals surface area contributed by atoms with Crippen LogP contribution in [0.4, 0.5) is 0 Å². The lowest BCUT2D eigenvalue weighted by Crippen LogP contribution is -2.45. The third-order valence-corrected chi connectivity index (χ3v) is 3.50. The molecule has 0 spiro atoms. The van der Waals surface area contributed by atoms with Crippen molar-refractivity contribution in [1.82, 2.24) is 5.32 Å². The predicted octanol–water partition coefficient (Wildman–Crippen LogP) is 3.19. The molecule has 2 unspecified atom stereocenters. The molecule has 2 rings (SSSR count). The van der Waals surface area contributed by atoms with Gasteiger partial charge in [-0.05, 0) is 18.0 Å². The Hall–Kier alpha value is -1.02. The van der Waals surface area contributed by atoms with Crippen molar-refractivity contribution < 1.29 is 4.74 Å². The third-order valence-electron chi connectivity index (χ3n) is 3.50. The zero-order valence-corrected chi connectivity index (χ0v) is 11.3. The van der Waals surface area contributed by atoms with Crippen molar-refractivity contribution >= 4 is 0 Å². The van der Waals surface area contributed by atoms with E-state index in [0.29, 0.717) is 12.0 Å². The standard InChI is InChI=1S/C15H23NO/c1-5-16-14(15(2,3)4)12-10-17-13-9-7-6-8-11(12)13/h6-9,12,14,16H,5,10H2,1-4H3. The van der Waals surface area contributed by atoms with Gasteiger partial charge in [0.25, 0.3) is 0 Å². The summed E-state index contributed by atoms with van der Waals surface area (Å²) in [6.07, 6.45) is 0. The molecule has 0 amide bonds. The van der Waals surface area contributed by atoms with Gasteiger partial charge in [-0.2, -0.15) is 0 Å². The summed E-state index contributed by atoms with van der Waals surface area (Å²) in [4.78, 5) is 0. The molecule has 0 fully saturated rings. The number of para-hydroxylation sites is 1. The summed E-state index contributed by atoms with van der Waals surface area (Å²) < 4.78 is 5.79. The second-order valence-corrected chi connectivity index (χ2v) is 5.86. The summed E-state index contributed by atoms with van der Waals surface area (Å²) in [7, 11) is 0. The van der Waals surface area contributed by atoms with Gasteiger partial charge in [-0.15, -0.1) is 0 Å². The maximum absolute atomic E-state index is 5.79. The highest BCUT2D eigenvalue weighted by Crippen LogP contribution is 2.40. The van der Waals surface area contributed by atoms with Crippen molar-refractivity contribution in [3.8, 4) is 5.75 Å². The van der Waals surface area contributed by atoms with Crippen LogP contribution in [-0.4, -0.2) is 19.2 Å². The second-order valence-electron chi connectivity index (χ2n) is 5.86. The Balaban J connectivity index is 2.28. The van der Waals surface area contributed by atoms with E-state index in [4.69, 9.17) is 4.74 Å². The molecule has 2 atom stereocenters. The zero-order chi connectivity index (χ0) is 12.5. The predicted molar refractivity (Wildman–Crippen MR) is 71.6 cm³/mol. The summed E-state index contributed by atoms with van der Waals surface area (Å²) in [5, 5.41) is 3.63. The van der Waals surface area contributed by atoms with E-state index in [0.717, 1.165) is 18.9 Å². The maximum atomic E-state index is 5.79. The fraction of sp³-hybridized carbons (Fsp3) is 0.600. The molecule has 0 radical (unpaired) electrons. The van der Waals surface area contributed by atoms with Crippen LogP contribution in [0.25, 0.3) is 0 Å². The largest absolute Gasteiger partial charge is 0.493 e. The van der Waals surface area contributed by atoms with E-state index in [9.17, 15) is 0 Å². The van der Waals surface area contributed by atoms with Crippen molar-refractivity contribution in [3.05, 3.63) is 29.8 Å². The van der Waals surface area contributed by atoms with Gasteiger partial charge in [-0.25, -0.2) is 0 Å². The molecule has 1 N–H and O–H groups in total. The van der Waals surface area contributed by atoms with Crippen LogP contribution < -0.4 is 10.1 Å². The molecule has 0 aliphatic carbocycles. The summed E-state index contributed by atoms with van der Waals surface area (Å²) >= 11 is 0. The first kappa shape index (κ1) is 12.4. The fourth-order valence-corrected chi connectivity index (χ4v) is 2.74. The lowest BCUT2D eigenvalue weighted by Gasteiger charge is -2.35. The van der Waals surface area contributed by atoms with Crippen LogP contribution >= 0.6 is 0 Å². The number of benzene rings is 1. The average Bonchev–Trinajstić information content (AvgIpc) is 2.68. The lowest BCUT2D eigenvalue weighted by atomic mass is 9.77. The molecule has 0 aromatic heterocycles. The van der Waals surface area contributed by atoms with E-state index in [1.54, 1.807) is 0 Å². The topological polar surface area (TPSA) is 21.3 Å². The minimum atomic E-state index is 0.238. The summed E-state index contributed by atoms with van der Waals surface area (Å²) in [6.45, 7) is 10.8. The maximum Gasteiger partial charge on any atom is 0.122 e. The van der Waals surface area contributed by atoms with E-state index >= 15 is 0 Å². The summed E-state index contributed by atoms with van der Waals surface area (Å²) in [5.41, 5.74) is 1.59. The Kier molecular flexibility index (Phi) is 3.43. The first-order valence-corrected chi connectivity index (χ1v) is 6.49. The van der Waals surface area contributed by atoms with Gasteiger partial charge in [0.1, 0.15) is 5.75 Å². The SMILES string of the molecule is CCNC(C1COc2ccccc21)C(C)(C)C. The Morgan fingerprint density at radius 2 is 2.06 bits per heavy atom. The molecule has 94 valence electrons. The minimum absolute atomic E-state index is 0.238. The number of ether oxygens (including phenoxy) is 1. The number of fused-ring (bicyclic) bond motifs is 1. The normalized spacial score (nSPS) is 20.8. The molecule has 1 aliphatic rings. The molecule has 1 heterocycles. The Bertz CT molecular complexity index is 381. The quantitative estimate of drug-likeness (QED) is 0.865. The average molecular weight is 233 g/mol. The lowest BCUT2D eigenvalue weighted by molar-refractivity contribution is 0.205. The molecule has 2 heteroatoms. The number of hydrogen-bond acceptors (Lipinski definition) is 2. The van der Waals surface area contributed by atoms with E-state index in [1.165, 1.54) is 5.56 Å². The number of nitrogens with one attached hydrogen (secondary N) is 1. The first-order valence-electron chi connectivity index (χ1n) is 6.49. The van der Waals surface area contributed by atoms with Crippen LogP contribution in [0, 0.1) is 5.41 Å². The van der Waals surface area contributed by atoms with Crippen LogP contribution in [0.15, 0.2) is 24.3 Å². The second kappa shape index (κ2) is 4.69. The molecule has 1 aromatic rings. The monoisotopic (exact) mass is 233 g/mol. The van der Waals surface area contributed by atoms with Crippen molar-refractivity contribution in [2.24, 2.45) is 5.41 Å². The van der Waals surface area contributed by atoms with Gasteiger partial charge in [-0.3, -0.25) is 0 Å². The highest BCUT2D eigenvalue weighted by Gasteiger charge is 2.37. The molecule has 0 bridgehead atoms. The van der Waals surface area contributed by atoms with E-state index in [1.807, 2.05) is 6.07 Å². The van der Waals surface area contributed by atoms with Crippen LogP contribution in [-0.2, 0) is 0 Å². The Morgan fingerprint density at radius 1 is 1.35 bits per heavy atom. The third kappa shape index (κ3) is 2.47. The Labute approximate surface area is 104 Å². The summed E-state index contributed by atoms with van der Waals surface area (Å²) in [6, 6.07) is 8.87. The van der Waals surface area contributed by atoms with E-state index < -0.39 is 0 Å². The molecular formula is C15H23NO. The van der Waals surface area contributed by atoms with Crippen LogP contribution in [0.2, 0.25) is 0 Å². The fourth-order valence-electron chi connectivity index (χ4n) is 2.74. The molecule has 0 saturated carbocycles. The van der Waals surface area contributed by atoms with Gasteiger partial charge >= 0.3 is 0 Å². The van der Waals surface area contributed by atoms with Gasteiger partial charge in [-0.1, -0.05) is 45.9 Å². The molecule has 0 saturated heterocycles. The van der Waals surface area contributed by atoms with Gasteiger partial charge < -0.3 is 10.1 Å². The van der Waals surface area contributed by atoms with E-state index in [-0.39, 0.29) is 5.41 Å².